The van der Waals surface area contributed by atoms with Gasteiger partial charge in [-0.1, -0.05) is 33.6 Å². The summed E-state index contributed by atoms with van der Waals surface area (Å²) in [5.41, 5.74) is 3.08. The van der Waals surface area contributed by atoms with Gasteiger partial charge in [0.05, 0.1) is 0 Å². The Bertz CT molecular complexity index is 848. The Morgan fingerprint density at radius 3 is 2.33 bits per heavy atom. The van der Waals surface area contributed by atoms with Crippen molar-refractivity contribution in [3.05, 3.63) is 76.7 Å². The van der Waals surface area contributed by atoms with Gasteiger partial charge >= 0.3 is 0 Å². The maximum atomic E-state index is 12.3. The number of rotatable bonds is 4. The first-order valence-electron chi connectivity index (χ1n) is 7.33. The minimum atomic E-state index is -0.285. The van der Waals surface area contributed by atoms with Gasteiger partial charge in [-0.3, -0.25) is 4.79 Å². The standard InChI is InChI=1S/C18H15BrN4O/c1-12-2-6-14(7-3-12)22-17-10-16(20-11-21-17)18(24)23-15-8-4-13(19)5-9-15/h2-11H,1H3,(H,23,24)(H,20,21,22). The number of aryl methyl sites for hydroxylation is 1. The first-order valence-corrected chi connectivity index (χ1v) is 8.12. The fourth-order valence-electron chi connectivity index (χ4n) is 2.06. The van der Waals surface area contributed by atoms with Gasteiger partial charge in [0.25, 0.3) is 5.91 Å². The molecule has 3 rings (SSSR count). The summed E-state index contributed by atoms with van der Waals surface area (Å²) in [6, 6.07) is 16.9. The summed E-state index contributed by atoms with van der Waals surface area (Å²) in [6.07, 6.45) is 1.37. The Morgan fingerprint density at radius 2 is 1.62 bits per heavy atom. The molecule has 120 valence electrons. The highest BCUT2D eigenvalue weighted by atomic mass is 79.9. The van der Waals surface area contributed by atoms with Crippen molar-refractivity contribution in [2.45, 2.75) is 6.92 Å². The molecule has 0 saturated carbocycles. The van der Waals surface area contributed by atoms with E-state index >= 15 is 0 Å². The van der Waals surface area contributed by atoms with Gasteiger partial charge in [-0.15, -0.1) is 0 Å². The molecule has 2 N–H and O–H groups in total. The van der Waals surface area contributed by atoms with Gasteiger partial charge in [-0.25, -0.2) is 9.97 Å². The maximum Gasteiger partial charge on any atom is 0.274 e. The van der Waals surface area contributed by atoms with Crippen molar-refractivity contribution in [2.75, 3.05) is 10.6 Å². The van der Waals surface area contributed by atoms with Crippen LogP contribution in [-0.4, -0.2) is 15.9 Å². The number of aromatic nitrogens is 2. The lowest BCUT2D eigenvalue weighted by Gasteiger charge is -2.08. The number of amides is 1. The molecule has 1 heterocycles. The number of carbonyl (C=O) groups excluding carboxylic acids is 1. The lowest BCUT2D eigenvalue weighted by Crippen LogP contribution is -2.14. The highest BCUT2D eigenvalue weighted by Gasteiger charge is 2.09. The van der Waals surface area contributed by atoms with Crippen molar-refractivity contribution in [2.24, 2.45) is 0 Å². The molecule has 1 amide bonds. The quantitative estimate of drug-likeness (QED) is 0.694. The fourth-order valence-corrected chi connectivity index (χ4v) is 2.33. The fraction of sp³-hybridized carbons (Fsp3) is 0.0556. The molecule has 0 bridgehead atoms. The van der Waals surface area contributed by atoms with Crippen LogP contribution in [0, 0.1) is 6.92 Å². The van der Waals surface area contributed by atoms with E-state index in [0.29, 0.717) is 17.2 Å². The van der Waals surface area contributed by atoms with Crippen LogP contribution in [0.15, 0.2) is 65.4 Å². The Morgan fingerprint density at radius 1 is 0.958 bits per heavy atom. The molecule has 24 heavy (non-hydrogen) atoms. The summed E-state index contributed by atoms with van der Waals surface area (Å²) < 4.78 is 0.951. The zero-order valence-electron chi connectivity index (χ0n) is 13.0. The van der Waals surface area contributed by atoms with E-state index in [0.717, 1.165) is 10.2 Å². The Balaban J connectivity index is 1.73. The second-order valence-corrected chi connectivity index (χ2v) is 6.16. The normalized spacial score (nSPS) is 10.2. The van der Waals surface area contributed by atoms with E-state index in [1.165, 1.54) is 11.9 Å². The number of hydrogen-bond acceptors (Lipinski definition) is 4. The van der Waals surface area contributed by atoms with Gasteiger partial charge in [-0.2, -0.15) is 0 Å². The molecule has 5 nitrogen and oxygen atoms in total. The molecule has 6 heteroatoms. The number of halogens is 1. The van der Waals surface area contributed by atoms with Crippen LogP contribution in [0.25, 0.3) is 0 Å². The van der Waals surface area contributed by atoms with E-state index in [2.05, 4.69) is 36.5 Å². The minimum absolute atomic E-state index is 0.285. The van der Waals surface area contributed by atoms with Crippen LogP contribution >= 0.6 is 15.9 Å². The van der Waals surface area contributed by atoms with Crippen LogP contribution in [-0.2, 0) is 0 Å². The molecule has 0 unspecified atom stereocenters. The second kappa shape index (κ2) is 7.23. The maximum absolute atomic E-state index is 12.3. The van der Waals surface area contributed by atoms with Crippen molar-refractivity contribution < 1.29 is 4.79 Å². The Labute approximate surface area is 148 Å². The molecule has 2 aromatic carbocycles. The largest absolute Gasteiger partial charge is 0.340 e. The van der Waals surface area contributed by atoms with Crippen molar-refractivity contribution in [1.29, 1.82) is 0 Å². The first kappa shape index (κ1) is 16.1. The van der Waals surface area contributed by atoms with Crippen LogP contribution in [0.3, 0.4) is 0 Å². The highest BCUT2D eigenvalue weighted by molar-refractivity contribution is 9.10. The molecular formula is C18H15BrN4O. The van der Waals surface area contributed by atoms with E-state index in [9.17, 15) is 4.79 Å². The molecule has 0 aliphatic carbocycles. The molecule has 0 fully saturated rings. The number of carbonyl (C=O) groups is 1. The zero-order chi connectivity index (χ0) is 16.9. The van der Waals surface area contributed by atoms with Crippen molar-refractivity contribution in [1.82, 2.24) is 9.97 Å². The smallest absolute Gasteiger partial charge is 0.274 e. The summed E-state index contributed by atoms with van der Waals surface area (Å²) >= 11 is 3.36. The van der Waals surface area contributed by atoms with E-state index in [4.69, 9.17) is 0 Å². The molecule has 1 aromatic heterocycles. The van der Waals surface area contributed by atoms with Crippen LogP contribution in [0.1, 0.15) is 16.1 Å². The zero-order valence-corrected chi connectivity index (χ0v) is 14.5. The predicted molar refractivity (Wildman–Crippen MR) is 98.6 cm³/mol. The first-order chi connectivity index (χ1) is 11.6. The third-order valence-corrected chi connectivity index (χ3v) is 3.85. The number of anilines is 3. The third-order valence-electron chi connectivity index (χ3n) is 3.33. The molecule has 0 radical (unpaired) electrons. The average molecular weight is 383 g/mol. The summed E-state index contributed by atoms with van der Waals surface area (Å²) in [4.78, 5) is 20.5. The van der Waals surface area contributed by atoms with Gasteiger partial charge in [0, 0.05) is 21.9 Å². The summed E-state index contributed by atoms with van der Waals surface area (Å²) in [6.45, 7) is 2.03. The van der Waals surface area contributed by atoms with Crippen molar-refractivity contribution in [3.8, 4) is 0 Å². The lowest BCUT2D eigenvalue weighted by atomic mass is 10.2. The van der Waals surface area contributed by atoms with Crippen LogP contribution in [0.2, 0.25) is 0 Å². The molecule has 0 aliphatic heterocycles. The summed E-state index contributed by atoms with van der Waals surface area (Å²) in [7, 11) is 0. The highest BCUT2D eigenvalue weighted by Crippen LogP contribution is 2.17. The van der Waals surface area contributed by atoms with Gasteiger partial charge in [-0.05, 0) is 43.3 Å². The number of benzene rings is 2. The SMILES string of the molecule is Cc1ccc(Nc2cc(C(=O)Nc3ccc(Br)cc3)ncn2)cc1. The number of nitrogens with one attached hydrogen (secondary N) is 2. The minimum Gasteiger partial charge on any atom is -0.340 e. The van der Waals surface area contributed by atoms with Crippen molar-refractivity contribution >= 4 is 39.0 Å². The van der Waals surface area contributed by atoms with Crippen molar-refractivity contribution in [3.63, 3.8) is 0 Å². The molecule has 0 atom stereocenters. The lowest BCUT2D eigenvalue weighted by molar-refractivity contribution is 0.102. The molecule has 0 aliphatic rings. The van der Waals surface area contributed by atoms with Gasteiger partial charge in [0.1, 0.15) is 17.8 Å². The van der Waals surface area contributed by atoms with Gasteiger partial charge in [0.2, 0.25) is 0 Å². The van der Waals surface area contributed by atoms with E-state index in [1.54, 1.807) is 6.07 Å². The third kappa shape index (κ3) is 4.17. The van der Waals surface area contributed by atoms with Crippen LogP contribution < -0.4 is 10.6 Å². The van der Waals surface area contributed by atoms with Crippen LogP contribution in [0.4, 0.5) is 17.2 Å². The molecule has 3 aromatic rings. The topological polar surface area (TPSA) is 66.9 Å². The summed E-state index contributed by atoms with van der Waals surface area (Å²) in [5, 5.41) is 5.97. The Kier molecular flexibility index (Phi) is 4.86. The van der Waals surface area contributed by atoms with E-state index in [-0.39, 0.29) is 5.91 Å². The van der Waals surface area contributed by atoms with Gasteiger partial charge < -0.3 is 10.6 Å². The molecule has 0 spiro atoms. The van der Waals surface area contributed by atoms with Crippen LogP contribution in [0.5, 0.6) is 0 Å². The number of nitrogens with zero attached hydrogens (tertiary/aromatic N) is 2. The number of hydrogen-bond donors (Lipinski definition) is 2. The van der Waals surface area contributed by atoms with Gasteiger partial charge in [0.15, 0.2) is 0 Å². The van der Waals surface area contributed by atoms with E-state index < -0.39 is 0 Å². The molecular weight excluding hydrogens is 368 g/mol. The Hall–Kier alpha value is -2.73. The second-order valence-electron chi connectivity index (χ2n) is 5.24. The monoisotopic (exact) mass is 382 g/mol. The summed E-state index contributed by atoms with van der Waals surface area (Å²) in [5.74, 6) is 0.279. The van der Waals surface area contributed by atoms with E-state index in [1.807, 2.05) is 55.5 Å². The molecule has 0 saturated heterocycles. The average Bonchev–Trinajstić information content (AvgIpc) is 2.59. The predicted octanol–water partition coefficient (Wildman–Crippen LogP) is 4.54.